The third-order valence-corrected chi connectivity index (χ3v) is 4.27. The summed E-state index contributed by atoms with van der Waals surface area (Å²) in [5.74, 6) is -0.316. The van der Waals surface area contributed by atoms with Gasteiger partial charge in [0.2, 0.25) is 0 Å². The van der Waals surface area contributed by atoms with Crippen LogP contribution in [0.15, 0.2) is 47.4 Å². The zero-order valence-electron chi connectivity index (χ0n) is 12.2. The first-order valence-corrected chi connectivity index (χ1v) is 8.35. The largest absolute Gasteiger partial charge is 0.322 e. The molecule has 4 nitrogen and oxygen atoms in total. The van der Waals surface area contributed by atoms with Crippen molar-refractivity contribution in [2.45, 2.75) is 18.7 Å². The van der Waals surface area contributed by atoms with Crippen LogP contribution in [0.3, 0.4) is 0 Å². The van der Waals surface area contributed by atoms with Gasteiger partial charge in [0.1, 0.15) is 0 Å². The number of hydrogen-bond acceptors (Lipinski definition) is 3. The Balaban J connectivity index is 2.35. The minimum Gasteiger partial charge on any atom is -0.322 e. The molecule has 0 heterocycles. The van der Waals surface area contributed by atoms with E-state index < -0.39 is 9.84 Å². The molecule has 21 heavy (non-hydrogen) atoms. The van der Waals surface area contributed by atoms with E-state index in [0.29, 0.717) is 11.3 Å². The molecule has 2 aromatic rings. The van der Waals surface area contributed by atoms with Gasteiger partial charge in [-0.05, 0) is 49.2 Å². The van der Waals surface area contributed by atoms with Gasteiger partial charge in [-0.25, -0.2) is 8.42 Å². The maximum atomic E-state index is 12.3. The van der Waals surface area contributed by atoms with Gasteiger partial charge in [-0.2, -0.15) is 0 Å². The second-order valence-electron chi connectivity index (χ2n) is 5.07. The van der Waals surface area contributed by atoms with Crippen molar-refractivity contribution in [2.24, 2.45) is 0 Å². The van der Waals surface area contributed by atoms with Gasteiger partial charge in [0.15, 0.2) is 9.84 Å². The van der Waals surface area contributed by atoms with E-state index in [1.54, 1.807) is 19.1 Å². The third kappa shape index (κ3) is 3.70. The zero-order valence-corrected chi connectivity index (χ0v) is 13.0. The summed E-state index contributed by atoms with van der Waals surface area (Å²) >= 11 is 0. The fourth-order valence-electron chi connectivity index (χ4n) is 2.00. The van der Waals surface area contributed by atoms with Gasteiger partial charge in [-0.3, -0.25) is 4.79 Å². The number of carbonyl (C=O) groups excluding carboxylic acids is 1. The Morgan fingerprint density at radius 2 is 1.76 bits per heavy atom. The second kappa shape index (κ2) is 5.69. The van der Waals surface area contributed by atoms with E-state index in [1.165, 1.54) is 12.1 Å². The van der Waals surface area contributed by atoms with Crippen molar-refractivity contribution in [3.05, 3.63) is 59.2 Å². The highest BCUT2D eigenvalue weighted by Gasteiger charge is 2.14. The van der Waals surface area contributed by atoms with Crippen LogP contribution in [0.25, 0.3) is 0 Å². The summed E-state index contributed by atoms with van der Waals surface area (Å²) in [6.45, 7) is 3.71. The molecule has 2 aromatic carbocycles. The maximum absolute atomic E-state index is 12.3. The third-order valence-electron chi connectivity index (χ3n) is 3.16. The summed E-state index contributed by atoms with van der Waals surface area (Å²) in [4.78, 5) is 12.5. The van der Waals surface area contributed by atoms with Crippen molar-refractivity contribution in [3.63, 3.8) is 0 Å². The number of sulfone groups is 1. The summed E-state index contributed by atoms with van der Waals surface area (Å²) < 4.78 is 23.2. The molecule has 0 aliphatic rings. The van der Waals surface area contributed by atoms with Crippen molar-refractivity contribution < 1.29 is 13.2 Å². The van der Waals surface area contributed by atoms with Gasteiger partial charge in [-0.15, -0.1) is 0 Å². The minimum absolute atomic E-state index is 0.141. The minimum atomic E-state index is -3.34. The lowest BCUT2D eigenvalue weighted by molar-refractivity contribution is 0.102. The Hall–Kier alpha value is -2.14. The zero-order chi connectivity index (χ0) is 15.6. The summed E-state index contributed by atoms with van der Waals surface area (Å²) in [5.41, 5.74) is 2.81. The fourth-order valence-corrected chi connectivity index (χ4v) is 2.64. The van der Waals surface area contributed by atoms with Crippen molar-refractivity contribution in [3.8, 4) is 0 Å². The number of anilines is 1. The molecular formula is C16H17NO3S. The van der Waals surface area contributed by atoms with Crippen LogP contribution in [0.2, 0.25) is 0 Å². The predicted molar refractivity (Wildman–Crippen MR) is 83.4 cm³/mol. The molecule has 0 aliphatic carbocycles. The molecule has 2 rings (SSSR count). The highest BCUT2D eigenvalue weighted by molar-refractivity contribution is 7.90. The lowest BCUT2D eigenvalue weighted by atomic mass is 10.1. The van der Waals surface area contributed by atoms with Crippen molar-refractivity contribution in [1.29, 1.82) is 0 Å². The molecule has 1 N–H and O–H groups in total. The second-order valence-corrected chi connectivity index (χ2v) is 7.09. The van der Waals surface area contributed by atoms with Crippen LogP contribution in [0, 0.1) is 13.8 Å². The molecule has 0 fully saturated rings. The van der Waals surface area contributed by atoms with Crippen molar-refractivity contribution >= 4 is 21.4 Å². The van der Waals surface area contributed by atoms with Crippen LogP contribution >= 0.6 is 0 Å². The first-order valence-electron chi connectivity index (χ1n) is 6.46. The molecule has 5 heteroatoms. The number of amides is 1. The molecule has 0 spiro atoms. The average molecular weight is 303 g/mol. The standard InChI is InChI=1S/C16H17NO3S/c1-11-5-4-6-13(9-11)17-16(18)15-10-14(21(3,19)20)8-7-12(15)2/h4-10H,1-3H3,(H,17,18). The maximum Gasteiger partial charge on any atom is 0.255 e. The van der Waals surface area contributed by atoms with Gasteiger partial charge in [0, 0.05) is 17.5 Å². The van der Waals surface area contributed by atoms with E-state index in [-0.39, 0.29) is 10.8 Å². The van der Waals surface area contributed by atoms with Crippen LogP contribution in [-0.4, -0.2) is 20.6 Å². The van der Waals surface area contributed by atoms with Gasteiger partial charge in [-0.1, -0.05) is 18.2 Å². The first-order chi connectivity index (χ1) is 9.77. The summed E-state index contributed by atoms with van der Waals surface area (Å²) in [6, 6.07) is 12.0. The Bertz CT molecular complexity index is 795. The SMILES string of the molecule is Cc1cccc(NC(=O)c2cc(S(C)(=O)=O)ccc2C)c1. The predicted octanol–water partition coefficient (Wildman–Crippen LogP) is 2.96. The highest BCUT2D eigenvalue weighted by Crippen LogP contribution is 2.18. The first kappa shape index (κ1) is 15.3. The van der Waals surface area contributed by atoms with Crippen LogP contribution in [0.1, 0.15) is 21.5 Å². The topological polar surface area (TPSA) is 63.2 Å². The lowest BCUT2D eigenvalue weighted by Gasteiger charge is -2.09. The van der Waals surface area contributed by atoms with Crippen molar-refractivity contribution in [1.82, 2.24) is 0 Å². The quantitative estimate of drug-likeness (QED) is 0.948. The number of nitrogens with one attached hydrogen (secondary N) is 1. The normalized spacial score (nSPS) is 11.2. The van der Waals surface area contributed by atoms with Crippen LogP contribution < -0.4 is 5.32 Å². The van der Waals surface area contributed by atoms with Crippen molar-refractivity contribution in [2.75, 3.05) is 11.6 Å². The van der Waals surface area contributed by atoms with Gasteiger partial charge < -0.3 is 5.32 Å². The van der Waals surface area contributed by atoms with Gasteiger partial charge >= 0.3 is 0 Å². The van der Waals surface area contributed by atoms with E-state index in [1.807, 2.05) is 25.1 Å². The Labute approximate surface area is 124 Å². The summed E-state index contributed by atoms with van der Waals surface area (Å²) in [6.07, 6.45) is 1.12. The Kier molecular flexibility index (Phi) is 4.14. The average Bonchev–Trinajstić information content (AvgIpc) is 2.37. The molecule has 1 amide bonds. The lowest BCUT2D eigenvalue weighted by Crippen LogP contribution is -2.14. The molecule has 0 aliphatic heterocycles. The van der Waals surface area contributed by atoms with E-state index in [9.17, 15) is 13.2 Å². The highest BCUT2D eigenvalue weighted by atomic mass is 32.2. The van der Waals surface area contributed by atoms with Gasteiger partial charge in [0.05, 0.1) is 4.90 Å². The van der Waals surface area contributed by atoms with E-state index >= 15 is 0 Å². The number of aryl methyl sites for hydroxylation is 2. The van der Waals surface area contributed by atoms with Gasteiger partial charge in [0.25, 0.3) is 5.91 Å². The van der Waals surface area contributed by atoms with E-state index in [0.717, 1.165) is 17.4 Å². The Morgan fingerprint density at radius 1 is 1.05 bits per heavy atom. The molecule has 0 radical (unpaired) electrons. The molecule has 0 bridgehead atoms. The number of rotatable bonds is 3. The monoisotopic (exact) mass is 303 g/mol. The smallest absolute Gasteiger partial charge is 0.255 e. The molecule has 0 aromatic heterocycles. The molecule has 110 valence electrons. The number of carbonyl (C=O) groups is 1. The molecule has 0 saturated heterocycles. The molecule has 0 unspecified atom stereocenters. The molecule has 0 saturated carbocycles. The summed E-state index contributed by atoms with van der Waals surface area (Å²) in [5, 5.41) is 2.78. The van der Waals surface area contributed by atoms with E-state index in [2.05, 4.69) is 5.32 Å². The van der Waals surface area contributed by atoms with Crippen LogP contribution in [-0.2, 0) is 9.84 Å². The van der Waals surface area contributed by atoms with E-state index in [4.69, 9.17) is 0 Å². The number of benzene rings is 2. The Morgan fingerprint density at radius 3 is 2.38 bits per heavy atom. The van der Waals surface area contributed by atoms with Crippen LogP contribution in [0.4, 0.5) is 5.69 Å². The van der Waals surface area contributed by atoms with Crippen LogP contribution in [0.5, 0.6) is 0 Å². The fraction of sp³-hybridized carbons (Fsp3) is 0.188. The molecule has 0 atom stereocenters. The molecular weight excluding hydrogens is 286 g/mol. The summed E-state index contributed by atoms with van der Waals surface area (Å²) in [7, 11) is -3.34. The number of hydrogen-bond donors (Lipinski definition) is 1.